The van der Waals surface area contributed by atoms with Crippen molar-refractivity contribution in [1.82, 2.24) is 4.90 Å². The molecule has 0 unspecified atom stereocenters. The van der Waals surface area contributed by atoms with Crippen LogP contribution in [0.3, 0.4) is 0 Å². The predicted octanol–water partition coefficient (Wildman–Crippen LogP) is 2.62. The van der Waals surface area contributed by atoms with Gasteiger partial charge in [0.15, 0.2) is 0 Å². The average molecular weight is 346 g/mol. The van der Waals surface area contributed by atoms with E-state index in [-0.39, 0.29) is 29.1 Å². The zero-order valence-electron chi connectivity index (χ0n) is 12.5. The van der Waals surface area contributed by atoms with Crippen LogP contribution in [0.1, 0.15) is 29.6 Å². The van der Waals surface area contributed by atoms with E-state index in [1.807, 2.05) is 0 Å². The number of hydrogen-bond donors (Lipinski definition) is 1. The highest BCUT2D eigenvalue weighted by Crippen LogP contribution is 2.33. The van der Waals surface area contributed by atoms with E-state index in [9.17, 15) is 18.7 Å². The first-order valence-electron chi connectivity index (χ1n) is 7.70. The summed E-state index contributed by atoms with van der Waals surface area (Å²) >= 11 is 5.53. The minimum Gasteiger partial charge on any atom is -0.393 e. The van der Waals surface area contributed by atoms with Gasteiger partial charge in [-0.2, -0.15) is 0 Å². The lowest BCUT2D eigenvalue weighted by Gasteiger charge is -2.40. The van der Waals surface area contributed by atoms with Crippen LogP contribution < -0.4 is 0 Å². The molecule has 2 aliphatic rings. The van der Waals surface area contributed by atoms with Crippen LogP contribution in [0.4, 0.5) is 8.78 Å². The van der Waals surface area contributed by atoms with E-state index in [0.717, 1.165) is 25.0 Å². The molecule has 23 heavy (non-hydrogen) atoms. The fraction of sp³-hybridized carbons (Fsp3) is 0.562. The van der Waals surface area contributed by atoms with Crippen LogP contribution in [0.2, 0.25) is 5.02 Å². The Labute approximate surface area is 138 Å². The molecule has 1 aliphatic heterocycles. The van der Waals surface area contributed by atoms with Gasteiger partial charge >= 0.3 is 0 Å². The summed E-state index contributed by atoms with van der Waals surface area (Å²) in [6.45, 7) is 0.921. The minimum atomic E-state index is -0.849. The molecule has 126 valence electrons. The maximum atomic E-state index is 14.0. The largest absolute Gasteiger partial charge is 0.393 e. The Morgan fingerprint density at radius 1 is 1.30 bits per heavy atom. The summed E-state index contributed by atoms with van der Waals surface area (Å²) in [7, 11) is 0. The molecular weight excluding hydrogens is 328 g/mol. The van der Waals surface area contributed by atoms with Crippen LogP contribution in [0.5, 0.6) is 0 Å². The highest BCUT2D eigenvalue weighted by Gasteiger charge is 2.40. The summed E-state index contributed by atoms with van der Waals surface area (Å²) in [6.07, 6.45) is 1.86. The highest BCUT2D eigenvalue weighted by atomic mass is 35.5. The summed E-state index contributed by atoms with van der Waals surface area (Å²) in [5.41, 5.74) is -0.341. The number of amides is 1. The van der Waals surface area contributed by atoms with Gasteiger partial charge < -0.3 is 14.7 Å². The Kier molecular flexibility index (Phi) is 4.85. The molecule has 0 aromatic heterocycles. The molecule has 1 aliphatic carbocycles. The number of nitrogens with zero attached hydrogens (tertiary/aromatic N) is 1. The zero-order valence-corrected chi connectivity index (χ0v) is 13.2. The lowest BCUT2D eigenvalue weighted by molar-refractivity contribution is -0.0385. The molecule has 1 N–H and O–H groups in total. The van der Waals surface area contributed by atoms with Gasteiger partial charge in [0.25, 0.3) is 5.91 Å². The first kappa shape index (κ1) is 16.6. The fourth-order valence-electron chi connectivity index (χ4n) is 3.49. The third-order valence-electron chi connectivity index (χ3n) is 4.69. The molecular formula is C16H18ClF2NO3. The second kappa shape index (κ2) is 6.71. The van der Waals surface area contributed by atoms with Gasteiger partial charge in [-0.1, -0.05) is 18.0 Å². The second-order valence-electron chi connectivity index (χ2n) is 6.05. The Bertz CT molecular complexity index is 613. The van der Waals surface area contributed by atoms with Crippen molar-refractivity contribution in [2.45, 2.75) is 31.4 Å². The van der Waals surface area contributed by atoms with Crippen LogP contribution >= 0.6 is 11.6 Å². The van der Waals surface area contributed by atoms with Crippen molar-refractivity contribution >= 4 is 17.5 Å². The lowest BCUT2D eigenvalue weighted by atomic mass is 9.93. The lowest BCUT2D eigenvalue weighted by Crippen LogP contribution is -2.53. The van der Waals surface area contributed by atoms with Gasteiger partial charge in [0.2, 0.25) is 0 Å². The van der Waals surface area contributed by atoms with E-state index in [0.29, 0.717) is 19.6 Å². The summed E-state index contributed by atoms with van der Waals surface area (Å²) in [5.74, 6) is -2.37. The van der Waals surface area contributed by atoms with Crippen molar-refractivity contribution < 1.29 is 23.4 Å². The third kappa shape index (κ3) is 3.20. The highest BCUT2D eigenvalue weighted by molar-refractivity contribution is 6.30. The normalized spacial score (nSPS) is 28.2. The standard InChI is InChI=1S/C16H18ClF2NO3/c17-11-7-12(18)10(6-13(11)19)16(22)20-4-5-23-8-14(20)9-2-1-3-15(9)21/h6-7,9,14-15,21H,1-5,8H2/t9-,14+,15+/m0/s1. The Hall–Kier alpha value is -1.24. The average Bonchev–Trinajstić information content (AvgIpc) is 2.96. The molecule has 7 heteroatoms. The summed E-state index contributed by atoms with van der Waals surface area (Å²) in [4.78, 5) is 14.2. The van der Waals surface area contributed by atoms with Crippen molar-refractivity contribution in [3.63, 3.8) is 0 Å². The van der Waals surface area contributed by atoms with Crippen LogP contribution in [0, 0.1) is 17.6 Å². The summed E-state index contributed by atoms with van der Waals surface area (Å²) in [6, 6.07) is 1.31. The second-order valence-corrected chi connectivity index (χ2v) is 6.46. The van der Waals surface area contributed by atoms with E-state index >= 15 is 0 Å². The van der Waals surface area contributed by atoms with Crippen LogP contribution in [0.15, 0.2) is 12.1 Å². The monoisotopic (exact) mass is 345 g/mol. The van der Waals surface area contributed by atoms with Gasteiger partial charge in [0.1, 0.15) is 11.6 Å². The maximum Gasteiger partial charge on any atom is 0.257 e. The van der Waals surface area contributed by atoms with E-state index in [1.165, 1.54) is 4.90 Å². The Morgan fingerprint density at radius 3 is 2.78 bits per heavy atom. The van der Waals surface area contributed by atoms with Gasteiger partial charge in [-0.25, -0.2) is 8.78 Å². The molecule has 3 rings (SSSR count). The van der Waals surface area contributed by atoms with Crippen molar-refractivity contribution in [2.24, 2.45) is 5.92 Å². The molecule has 1 saturated carbocycles. The summed E-state index contributed by atoms with van der Waals surface area (Å²) < 4.78 is 33.1. The van der Waals surface area contributed by atoms with Crippen LogP contribution in [-0.2, 0) is 4.74 Å². The Morgan fingerprint density at radius 2 is 2.09 bits per heavy atom. The van der Waals surface area contributed by atoms with Gasteiger partial charge in [-0.15, -0.1) is 0 Å². The first-order valence-corrected chi connectivity index (χ1v) is 8.08. The number of morpholine rings is 1. The maximum absolute atomic E-state index is 14.0. The van der Waals surface area contributed by atoms with Crippen LogP contribution in [-0.4, -0.2) is 47.8 Å². The van der Waals surface area contributed by atoms with E-state index in [2.05, 4.69) is 0 Å². The van der Waals surface area contributed by atoms with Crippen molar-refractivity contribution in [3.8, 4) is 0 Å². The number of aliphatic hydroxyl groups excluding tert-OH is 1. The van der Waals surface area contributed by atoms with Crippen molar-refractivity contribution in [1.29, 1.82) is 0 Å². The van der Waals surface area contributed by atoms with Gasteiger partial charge in [0, 0.05) is 12.5 Å². The molecule has 1 amide bonds. The number of carbonyl (C=O) groups is 1. The van der Waals surface area contributed by atoms with E-state index in [4.69, 9.17) is 16.3 Å². The molecule has 2 fully saturated rings. The number of halogens is 3. The fourth-order valence-corrected chi connectivity index (χ4v) is 3.64. The minimum absolute atomic E-state index is 0.0977. The number of ether oxygens (including phenoxy) is 1. The molecule has 1 aromatic rings. The number of carbonyl (C=O) groups excluding carboxylic acids is 1. The SMILES string of the molecule is O=C(c1cc(F)c(Cl)cc1F)N1CCOC[C@@H]1[C@@H]1CCC[C@H]1O. The van der Waals surface area contributed by atoms with E-state index in [1.54, 1.807) is 0 Å². The molecule has 1 aromatic carbocycles. The number of benzene rings is 1. The Balaban J connectivity index is 1.88. The quantitative estimate of drug-likeness (QED) is 0.838. The zero-order chi connectivity index (χ0) is 16.6. The number of hydrogen-bond acceptors (Lipinski definition) is 3. The topological polar surface area (TPSA) is 49.8 Å². The molecule has 0 spiro atoms. The van der Waals surface area contributed by atoms with E-state index < -0.39 is 23.6 Å². The predicted molar refractivity (Wildman–Crippen MR) is 80.4 cm³/mol. The first-order chi connectivity index (χ1) is 11.0. The van der Waals surface area contributed by atoms with Crippen molar-refractivity contribution in [3.05, 3.63) is 34.4 Å². The molecule has 1 saturated heterocycles. The van der Waals surface area contributed by atoms with Gasteiger partial charge in [0.05, 0.1) is 35.9 Å². The van der Waals surface area contributed by atoms with Gasteiger partial charge in [-0.05, 0) is 25.0 Å². The molecule has 3 atom stereocenters. The molecule has 0 bridgehead atoms. The van der Waals surface area contributed by atoms with Crippen LogP contribution in [0.25, 0.3) is 0 Å². The number of rotatable bonds is 2. The molecule has 0 radical (unpaired) electrons. The molecule has 1 heterocycles. The smallest absolute Gasteiger partial charge is 0.257 e. The summed E-state index contributed by atoms with van der Waals surface area (Å²) in [5, 5.41) is 9.74. The number of aliphatic hydroxyl groups is 1. The van der Waals surface area contributed by atoms with Gasteiger partial charge in [-0.3, -0.25) is 4.79 Å². The van der Waals surface area contributed by atoms with Crippen molar-refractivity contribution in [2.75, 3.05) is 19.8 Å². The third-order valence-corrected chi connectivity index (χ3v) is 4.98. The molecule has 4 nitrogen and oxygen atoms in total.